The van der Waals surface area contributed by atoms with Gasteiger partial charge in [0.1, 0.15) is 5.00 Å². The summed E-state index contributed by atoms with van der Waals surface area (Å²) in [6, 6.07) is 1.92. The fourth-order valence-corrected chi connectivity index (χ4v) is 1.86. The standard InChI is InChI=1S/C8H12N2OS/c1-6-4-5-12-7(6)10(3)8(11)9-2/h4-5H,1-3H3,(H,9,11). The van der Waals surface area contributed by atoms with Crippen LogP contribution in [0.15, 0.2) is 11.4 Å². The van der Waals surface area contributed by atoms with Gasteiger partial charge in [-0.2, -0.15) is 0 Å². The topological polar surface area (TPSA) is 32.3 Å². The van der Waals surface area contributed by atoms with Crippen molar-refractivity contribution in [2.75, 3.05) is 19.0 Å². The van der Waals surface area contributed by atoms with Crippen LogP contribution in [0.5, 0.6) is 0 Å². The van der Waals surface area contributed by atoms with E-state index in [9.17, 15) is 4.79 Å². The molecule has 2 amide bonds. The summed E-state index contributed by atoms with van der Waals surface area (Å²) in [7, 11) is 3.39. The van der Waals surface area contributed by atoms with Crippen LogP contribution in [0.4, 0.5) is 9.80 Å². The van der Waals surface area contributed by atoms with Crippen LogP contribution in [0.3, 0.4) is 0 Å². The molecule has 0 atom stereocenters. The van der Waals surface area contributed by atoms with Gasteiger partial charge >= 0.3 is 6.03 Å². The Morgan fingerprint density at radius 3 is 2.75 bits per heavy atom. The predicted molar refractivity (Wildman–Crippen MR) is 51.9 cm³/mol. The normalized spacial score (nSPS) is 9.58. The number of carbonyl (C=O) groups excluding carboxylic acids is 1. The Bertz CT molecular complexity index is 282. The summed E-state index contributed by atoms with van der Waals surface area (Å²) in [5, 5.41) is 5.54. The average molecular weight is 184 g/mol. The van der Waals surface area contributed by atoms with E-state index < -0.39 is 0 Å². The van der Waals surface area contributed by atoms with E-state index in [4.69, 9.17) is 0 Å². The number of rotatable bonds is 1. The smallest absolute Gasteiger partial charge is 0.321 e. The van der Waals surface area contributed by atoms with Gasteiger partial charge in [0.05, 0.1) is 0 Å². The van der Waals surface area contributed by atoms with Crippen LogP contribution in [-0.2, 0) is 0 Å². The van der Waals surface area contributed by atoms with Crippen LogP contribution < -0.4 is 10.2 Å². The molecule has 3 nitrogen and oxygen atoms in total. The molecule has 1 heterocycles. The maximum Gasteiger partial charge on any atom is 0.321 e. The van der Waals surface area contributed by atoms with Crippen molar-refractivity contribution in [3.63, 3.8) is 0 Å². The van der Waals surface area contributed by atoms with Gasteiger partial charge in [0.25, 0.3) is 0 Å². The molecule has 0 aliphatic carbocycles. The molecular weight excluding hydrogens is 172 g/mol. The number of aryl methyl sites for hydroxylation is 1. The Kier molecular flexibility index (Phi) is 2.70. The van der Waals surface area contributed by atoms with Gasteiger partial charge in [-0.1, -0.05) is 0 Å². The monoisotopic (exact) mass is 184 g/mol. The van der Waals surface area contributed by atoms with Gasteiger partial charge in [-0.3, -0.25) is 4.90 Å². The van der Waals surface area contributed by atoms with E-state index in [1.165, 1.54) is 0 Å². The molecule has 0 saturated heterocycles. The molecular formula is C8H12N2OS. The molecule has 1 N–H and O–H groups in total. The lowest BCUT2D eigenvalue weighted by Gasteiger charge is -2.15. The maximum absolute atomic E-state index is 11.2. The van der Waals surface area contributed by atoms with Crippen LogP contribution >= 0.6 is 11.3 Å². The molecule has 1 aromatic rings. The number of nitrogens with zero attached hydrogens (tertiary/aromatic N) is 1. The summed E-state index contributed by atoms with van der Waals surface area (Å²) in [4.78, 5) is 12.8. The quantitative estimate of drug-likeness (QED) is 0.709. The number of thiophene rings is 1. The second-order valence-corrected chi connectivity index (χ2v) is 3.42. The zero-order valence-electron chi connectivity index (χ0n) is 7.42. The summed E-state index contributed by atoms with van der Waals surface area (Å²) in [6.45, 7) is 1.99. The summed E-state index contributed by atoms with van der Waals surface area (Å²) >= 11 is 1.57. The molecule has 0 aliphatic heterocycles. The molecule has 12 heavy (non-hydrogen) atoms. The summed E-state index contributed by atoms with van der Waals surface area (Å²) in [5.74, 6) is 0. The highest BCUT2D eigenvalue weighted by molar-refractivity contribution is 7.14. The largest absolute Gasteiger partial charge is 0.341 e. The van der Waals surface area contributed by atoms with Crippen molar-refractivity contribution in [2.24, 2.45) is 0 Å². The van der Waals surface area contributed by atoms with E-state index >= 15 is 0 Å². The second-order valence-electron chi connectivity index (χ2n) is 2.52. The van der Waals surface area contributed by atoms with Gasteiger partial charge in [0, 0.05) is 14.1 Å². The Morgan fingerprint density at radius 1 is 1.67 bits per heavy atom. The number of nitrogens with one attached hydrogen (secondary N) is 1. The lowest BCUT2D eigenvalue weighted by atomic mass is 10.3. The average Bonchev–Trinajstić information content (AvgIpc) is 2.48. The van der Waals surface area contributed by atoms with E-state index in [2.05, 4.69) is 5.32 Å². The van der Waals surface area contributed by atoms with E-state index in [1.54, 1.807) is 30.3 Å². The minimum Gasteiger partial charge on any atom is -0.341 e. The van der Waals surface area contributed by atoms with Crippen LogP contribution in [0, 0.1) is 6.92 Å². The lowest BCUT2D eigenvalue weighted by Crippen LogP contribution is -2.34. The molecule has 0 bridgehead atoms. The van der Waals surface area contributed by atoms with E-state index in [-0.39, 0.29) is 6.03 Å². The second kappa shape index (κ2) is 3.58. The molecule has 4 heteroatoms. The van der Waals surface area contributed by atoms with Gasteiger partial charge in [0.15, 0.2) is 0 Å². The number of hydrogen-bond acceptors (Lipinski definition) is 2. The van der Waals surface area contributed by atoms with Crippen molar-refractivity contribution in [2.45, 2.75) is 6.92 Å². The van der Waals surface area contributed by atoms with Gasteiger partial charge in [-0.15, -0.1) is 11.3 Å². The molecule has 0 fully saturated rings. The zero-order valence-corrected chi connectivity index (χ0v) is 8.23. The SMILES string of the molecule is CNC(=O)N(C)c1sccc1C. The van der Waals surface area contributed by atoms with Gasteiger partial charge in [0.2, 0.25) is 0 Å². The number of hydrogen-bond donors (Lipinski definition) is 1. The molecule has 0 radical (unpaired) electrons. The molecule has 0 unspecified atom stereocenters. The third-order valence-corrected chi connectivity index (χ3v) is 2.75. The number of anilines is 1. The van der Waals surface area contributed by atoms with E-state index in [1.807, 2.05) is 18.4 Å². The zero-order chi connectivity index (χ0) is 9.14. The number of amides is 2. The maximum atomic E-state index is 11.2. The van der Waals surface area contributed by atoms with Crippen molar-refractivity contribution in [1.29, 1.82) is 0 Å². The minimum atomic E-state index is -0.0828. The van der Waals surface area contributed by atoms with Gasteiger partial charge in [-0.25, -0.2) is 4.79 Å². The third kappa shape index (κ3) is 1.58. The molecule has 0 saturated carbocycles. The predicted octanol–water partition coefficient (Wildman–Crippen LogP) is 1.83. The van der Waals surface area contributed by atoms with E-state index in [0.717, 1.165) is 10.6 Å². The lowest BCUT2D eigenvalue weighted by molar-refractivity contribution is 0.249. The first-order valence-corrected chi connectivity index (χ1v) is 4.54. The Labute approximate surface area is 76.0 Å². The molecule has 1 rings (SSSR count). The van der Waals surface area contributed by atoms with Crippen LogP contribution in [0.2, 0.25) is 0 Å². The first kappa shape index (κ1) is 9.06. The van der Waals surface area contributed by atoms with Crippen molar-refractivity contribution in [1.82, 2.24) is 5.32 Å². The molecule has 0 aliphatic rings. The molecule has 0 aromatic carbocycles. The Balaban J connectivity index is 2.84. The molecule has 1 aromatic heterocycles. The van der Waals surface area contributed by atoms with Crippen molar-refractivity contribution >= 4 is 22.4 Å². The molecule has 0 spiro atoms. The Morgan fingerprint density at radius 2 is 2.33 bits per heavy atom. The van der Waals surface area contributed by atoms with Gasteiger partial charge < -0.3 is 5.32 Å². The van der Waals surface area contributed by atoms with Crippen LogP contribution in [-0.4, -0.2) is 20.1 Å². The summed E-state index contributed by atoms with van der Waals surface area (Å²) < 4.78 is 0. The fraction of sp³-hybridized carbons (Fsp3) is 0.375. The first-order valence-electron chi connectivity index (χ1n) is 3.66. The first-order chi connectivity index (χ1) is 5.66. The Hall–Kier alpha value is -1.03. The molecule has 66 valence electrons. The van der Waals surface area contributed by atoms with Crippen LogP contribution in [0.25, 0.3) is 0 Å². The highest BCUT2D eigenvalue weighted by Gasteiger charge is 2.11. The van der Waals surface area contributed by atoms with Crippen LogP contribution in [0.1, 0.15) is 5.56 Å². The van der Waals surface area contributed by atoms with E-state index in [0.29, 0.717) is 0 Å². The fourth-order valence-electron chi connectivity index (χ4n) is 0.968. The van der Waals surface area contributed by atoms with Crippen molar-refractivity contribution < 1.29 is 4.79 Å². The summed E-state index contributed by atoms with van der Waals surface area (Å²) in [6.07, 6.45) is 0. The number of urea groups is 1. The minimum absolute atomic E-state index is 0.0828. The number of carbonyl (C=O) groups is 1. The van der Waals surface area contributed by atoms with Crippen molar-refractivity contribution in [3.05, 3.63) is 17.0 Å². The third-order valence-electron chi connectivity index (χ3n) is 1.66. The van der Waals surface area contributed by atoms with Crippen molar-refractivity contribution in [3.8, 4) is 0 Å². The highest BCUT2D eigenvalue weighted by atomic mass is 32.1. The van der Waals surface area contributed by atoms with Gasteiger partial charge in [-0.05, 0) is 23.9 Å². The summed E-state index contributed by atoms with van der Waals surface area (Å²) in [5.41, 5.74) is 1.13. The highest BCUT2D eigenvalue weighted by Crippen LogP contribution is 2.25.